The molecule has 2 fully saturated rings. The van der Waals surface area contributed by atoms with Crippen LogP contribution in [0.2, 0.25) is 0 Å². The Balaban J connectivity index is 1.29. The van der Waals surface area contributed by atoms with Gasteiger partial charge in [-0.3, -0.25) is 4.98 Å². The molecule has 0 radical (unpaired) electrons. The van der Waals surface area contributed by atoms with Crippen molar-refractivity contribution in [1.29, 1.82) is 0 Å². The Labute approximate surface area is 154 Å². The first-order chi connectivity index (χ1) is 13.2. The van der Waals surface area contributed by atoms with E-state index >= 15 is 0 Å². The molecule has 2 aromatic heterocycles. The molecule has 2 N–H and O–H groups in total. The number of nitrogens with one attached hydrogen (secondary N) is 2. The number of ether oxygens (including phenoxy) is 2. The largest absolute Gasteiger partial charge is 0.428 e. The van der Waals surface area contributed by atoms with Crippen LogP contribution in [-0.2, 0) is 9.47 Å². The van der Waals surface area contributed by atoms with Crippen molar-refractivity contribution in [1.82, 2.24) is 9.97 Å². The Hall–Kier alpha value is -2.58. The Bertz CT molecular complexity index is 991. The smallest absolute Gasteiger partial charge is 0.417 e. The first-order valence-corrected chi connectivity index (χ1v) is 9.33. The van der Waals surface area contributed by atoms with E-state index in [1.807, 2.05) is 6.07 Å². The number of H-pyrrole nitrogens is 1. The number of aromatic nitrogens is 2. The van der Waals surface area contributed by atoms with Crippen LogP contribution < -0.4 is 11.1 Å². The summed E-state index contributed by atoms with van der Waals surface area (Å²) < 4.78 is 22.9. The summed E-state index contributed by atoms with van der Waals surface area (Å²) in [7, 11) is 0. The second-order valence-electron chi connectivity index (χ2n) is 7.10. The third kappa shape index (κ3) is 3.38. The van der Waals surface area contributed by atoms with Gasteiger partial charge in [-0.2, -0.15) is 0 Å². The number of aromatic amines is 1. The number of benzene rings is 1. The molecule has 0 amide bonds. The summed E-state index contributed by atoms with van der Waals surface area (Å²) in [6, 6.07) is 5.76. The van der Waals surface area contributed by atoms with E-state index in [4.69, 9.17) is 18.3 Å². The van der Waals surface area contributed by atoms with Crippen LogP contribution in [0.1, 0.15) is 37.4 Å². The summed E-state index contributed by atoms with van der Waals surface area (Å²) in [4.78, 5) is 18.2. The lowest BCUT2D eigenvalue weighted by molar-refractivity contribution is -0.0637. The van der Waals surface area contributed by atoms with E-state index in [1.54, 1.807) is 18.3 Å². The Morgan fingerprint density at radius 1 is 1.11 bits per heavy atom. The maximum absolute atomic E-state index is 11.3. The molecule has 8 heteroatoms. The maximum atomic E-state index is 11.3. The van der Waals surface area contributed by atoms with E-state index in [9.17, 15) is 4.79 Å². The normalized spacial score (nSPS) is 25.9. The van der Waals surface area contributed by atoms with Gasteiger partial charge in [0.15, 0.2) is 5.58 Å². The van der Waals surface area contributed by atoms with Gasteiger partial charge in [0.05, 0.1) is 23.9 Å². The molecule has 8 nitrogen and oxygen atoms in total. The molecule has 3 heterocycles. The average molecular weight is 371 g/mol. The molecule has 0 spiro atoms. The van der Waals surface area contributed by atoms with Crippen LogP contribution in [0, 0.1) is 0 Å². The van der Waals surface area contributed by atoms with E-state index in [-0.39, 0.29) is 18.1 Å². The molecule has 27 heavy (non-hydrogen) atoms. The number of fused-ring (bicyclic) bond motifs is 2. The maximum Gasteiger partial charge on any atom is 0.417 e. The monoisotopic (exact) mass is 371 g/mol. The number of rotatable bonds is 3. The molecule has 3 atom stereocenters. The van der Waals surface area contributed by atoms with Gasteiger partial charge in [-0.25, -0.2) is 9.78 Å². The minimum atomic E-state index is -0.471. The predicted molar refractivity (Wildman–Crippen MR) is 97.3 cm³/mol. The van der Waals surface area contributed by atoms with Gasteiger partial charge in [0.2, 0.25) is 0 Å². The Kier molecular flexibility index (Phi) is 4.21. The van der Waals surface area contributed by atoms with Crippen molar-refractivity contribution in [3.8, 4) is 0 Å². The van der Waals surface area contributed by atoms with Crippen molar-refractivity contribution in [3.63, 3.8) is 0 Å². The molecule has 0 bridgehead atoms. The molecule has 1 saturated heterocycles. The van der Waals surface area contributed by atoms with E-state index in [0.717, 1.165) is 50.3 Å². The van der Waals surface area contributed by atoms with Crippen molar-refractivity contribution < 1.29 is 18.3 Å². The zero-order valence-corrected chi connectivity index (χ0v) is 14.8. The Morgan fingerprint density at radius 3 is 2.93 bits per heavy atom. The highest BCUT2D eigenvalue weighted by atomic mass is 16.5. The molecule has 1 aliphatic heterocycles. The standard InChI is InChI=1S/C19H21N3O5/c23-19-22-13-4-3-12(9-15(13)27-19)21-18-20-10-17(26-18)11-2-5-14-16(8-11)25-7-1-6-24-14/h3-4,9-11,14,16H,1-2,5-8H2,(H,20,21)(H,22,23). The van der Waals surface area contributed by atoms with Crippen molar-refractivity contribution in [3.05, 3.63) is 40.7 Å². The SMILES string of the molecule is O=c1[nH]c2ccc(Nc3ncc(C4CCC5OCCCOC5C4)o3)cc2o1. The van der Waals surface area contributed by atoms with Crippen LogP contribution in [0.4, 0.5) is 11.7 Å². The molecular weight excluding hydrogens is 350 g/mol. The van der Waals surface area contributed by atoms with Gasteiger partial charge in [-0.15, -0.1) is 0 Å². The van der Waals surface area contributed by atoms with Gasteiger partial charge in [-0.1, -0.05) is 0 Å². The second kappa shape index (κ2) is 6.86. The fourth-order valence-corrected chi connectivity index (χ4v) is 3.93. The highest BCUT2D eigenvalue weighted by Gasteiger charge is 2.35. The summed E-state index contributed by atoms with van der Waals surface area (Å²) in [6.45, 7) is 1.54. The number of hydrogen-bond acceptors (Lipinski definition) is 7. The molecule has 3 unspecified atom stereocenters. The van der Waals surface area contributed by atoms with Crippen molar-refractivity contribution >= 4 is 22.8 Å². The lowest BCUT2D eigenvalue weighted by Gasteiger charge is -2.33. The highest BCUT2D eigenvalue weighted by Crippen LogP contribution is 2.37. The minimum absolute atomic E-state index is 0.131. The van der Waals surface area contributed by atoms with E-state index in [0.29, 0.717) is 17.1 Å². The van der Waals surface area contributed by atoms with E-state index in [1.165, 1.54) is 0 Å². The van der Waals surface area contributed by atoms with Crippen LogP contribution >= 0.6 is 0 Å². The first kappa shape index (κ1) is 16.6. The summed E-state index contributed by atoms with van der Waals surface area (Å²) >= 11 is 0. The topological polar surface area (TPSA) is 103 Å². The van der Waals surface area contributed by atoms with Crippen LogP contribution in [0.25, 0.3) is 11.1 Å². The van der Waals surface area contributed by atoms with Crippen molar-refractivity contribution in [2.45, 2.75) is 43.8 Å². The second-order valence-corrected chi connectivity index (χ2v) is 7.10. The lowest BCUT2D eigenvalue weighted by atomic mass is 9.84. The van der Waals surface area contributed by atoms with Crippen LogP contribution in [0.3, 0.4) is 0 Å². The van der Waals surface area contributed by atoms with Gasteiger partial charge >= 0.3 is 5.76 Å². The molecule has 5 rings (SSSR count). The van der Waals surface area contributed by atoms with Crippen molar-refractivity contribution in [2.24, 2.45) is 0 Å². The zero-order chi connectivity index (χ0) is 18.2. The lowest BCUT2D eigenvalue weighted by Crippen LogP contribution is -2.35. The minimum Gasteiger partial charge on any atom is -0.428 e. The average Bonchev–Trinajstić information content (AvgIpc) is 3.20. The summed E-state index contributed by atoms with van der Waals surface area (Å²) in [5, 5.41) is 3.12. The fraction of sp³-hybridized carbons (Fsp3) is 0.474. The zero-order valence-electron chi connectivity index (χ0n) is 14.8. The molecule has 142 valence electrons. The van der Waals surface area contributed by atoms with Gasteiger partial charge in [0.25, 0.3) is 6.01 Å². The first-order valence-electron chi connectivity index (χ1n) is 9.33. The van der Waals surface area contributed by atoms with Crippen LogP contribution in [0.15, 0.2) is 38.0 Å². The number of nitrogens with zero attached hydrogens (tertiary/aromatic N) is 1. The van der Waals surface area contributed by atoms with Crippen LogP contribution in [0.5, 0.6) is 0 Å². The Morgan fingerprint density at radius 2 is 2.00 bits per heavy atom. The fourth-order valence-electron chi connectivity index (χ4n) is 3.93. The van der Waals surface area contributed by atoms with Gasteiger partial charge in [0, 0.05) is 30.9 Å². The molecule has 1 aromatic carbocycles. The van der Waals surface area contributed by atoms with Crippen molar-refractivity contribution in [2.75, 3.05) is 18.5 Å². The van der Waals surface area contributed by atoms with Gasteiger partial charge in [0.1, 0.15) is 5.76 Å². The van der Waals surface area contributed by atoms with Gasteiger partial charge < -0.3 is 23.6 Å². The molecule has 3 aromatic rings. The van der Waals surface area contributed by atoms with E-state index < -0.39 is 5.76 Å². The number of anilines is 2. The molecule has 1 saturated carbocycles. The third-order valence-electron chi connectivity index (χ3n) is 5.28. The van der Waals surface area contributed by atoms with Crippen LogP contribution in [-0.4, -0.2) is 35.4 Å². The van der Waals surface area contributed by atoms with E-state index in [2.05, 4.69) is 15.3 Å². The number of oxazole rings is 2. The highest BCUT2D eigenvalue weighted by molar-refractivity contribution is 5.77. The molecule has 2 aliphatic rings. The third-order valence-corrected chi connectivity index (χ3v) is 5.28. The summed E-state index contributed by atoms with van der Waals surface area (Å²) in [5.41, 5.74) is 1.88. The quantitative estimate of drug-likeness (QED) is 0.728. The summed E-state index contributed by atoms with van der Waals surface area (Å²) in [5.74, 6) is 0.667. The van der Waals surface area contributed by atoms with Gasteiger partial charge in [-0.05, 0) is 37.8 Å². The predicted octanol–water partition coefficient (Wildman–Crippen LogP) is 3.29. The molecule has 1 aliphatic carbocycles. The molecular formula is C19H21N3O5. The number of hydrogen-bond donors (Lipinski definition) is 2. The summed E-state index contributed by atoms with van der Waals surface area (Å²) in [6.07, 6.45) is 5.93.